The maximum atomic E-state index is 12.5. The Bertz CT molecular complexity index is 759. The van der Waals surface area contributed by atoms with Crippen molar-refractivity contribution in [3.8, 4) is 0 Å². The first-order valence-electron chi connectivity index (χ1n) is 9.49. The summed E-state index contributed by atoms with van der Waals surface area (Å²) in [5.41, 5.74) is 2.85. The third-order valence-corrected chi connectivity index (χ3v) is 4.75. The zero-order chi connectivity index (χ0) is 19.1. The quantitative estimate of drug-likeness (QED) is 0.855. The van der Waals surface area contributed by atoms with Crippen LogP contribution in [0.2, 0.25) is 0 Å². The molecule has 5 nitrogen and oxygen atoms in total. The van der Waals surface area contributed by atoms with E-state index in [2.05, 4.69) is 12.2 Å². The van der Waals surface area contributed by atoms with Crippen molar-refractivity contribution in [2.45, 2.75) is 25.9 Å². The zero-order valence-electron chi connectivity index (χ0n) is 15.7. The standard InChI is InChI=1S/C22H26N2O3/c1-2-6-17-9-11-19(12-10-17)22(26)23-15-21(25)24-13-14-27-20(16-24)18-7-4-3-5-8-18/h3-5,7-12,20H,2,6,13-16H2,1H3,(H,23,26). The highest BCUT2D eigenvalue weighted by Gasteiger charge is 2.25. The maximum absolute atomic E-state index is 12.5. The summed E-state index contributed by atoms with van der Waals surface area (Å²) in [6.07, 6.45) is 1.95. The molecule has 0 aromatic heterocycles. The van der Waals surface area contributed by atoms with Crippen molar-refractivity contribution < 1.29 is 14.3 Å². The summed E-state index contributed by atoms with van der Waals surface area (Å²) >= 11 is 0. The molecule has 0 radical (unpaired) electrons. The number of morpholine rings is 1. The molecule has 0 saturated carbocycles. The van der Waals surface area contributed by atoms with Gasteiger partial charge in [0.05, 0.1) is 19.7 Å². The van der Waals surface area contributed by atoms with E-state index < -0.39 is 0 Å². The van der Waals surface area contributed by atoms with Gasteiger partial charge >= 0.3 is 0 Å². The van der Waals surface area contributed by atoms with Crippen molar-refractivity contribution in [1.82, 2.24) is 10.2 Å². The number of benzene rings is 2. The fourth-order valence-corrected chi connectivity index (χ4v) is 3.23. The smallest absolute Gasteiger partial charge is 0.251 e. The van der Waals surface area contributed by atoms with Gasteiger partial charge in [0.2, 0.25) is 5.91 Å². The van der Waals surface area contributed by atoms with Crippen LogP contribution in [0.4, 0.5) is 0 Å². The second-order valence-corrected chi connectivity index (χ2v) is 6.74. The number of nitrogens with one attached hydrogen (secondary N) is 1. The summed E-state index contributed by atoms with van der Waals surface area (Å²) in [6, 6.07) is 17.4. The van der Waals surface area contributed by atoms with Crippen molar-refractivity contribution in [2.75, 3.05) is 26.2 Å². The first kappa shape index (κ1) is 19.1. The van der Waals surface area contributed by atoms with Crippen LogP contribution in [0, 0.1) is 0 Å². The predicted molar refractivity (Wildman–Crippen MR) is 104 cm³/mol. The Morgan fingerprint density at radius 2 is 1.85 bits per heavy atom. The highest BCUT2D eigenvalue weighted by atomic mass is 16.5. The minimum Gasteiger partial charge on any atom is -0.370 e. The van der Waals surface area contributed by atoms with Crippen LogP contribution in [0.3, 0.4) is 0 Å². The van der Waals surface area contributed by atoms with Gasteiger partial charge < -0.3 is 15.0 Å². The molecular weight excluding hydrogens is 340 g/mol. The topological polar surface area (TPSA) is 58.6 Å². The SMILES string of the molecule is CCCc1ccc(C(=O)NCC(=O)N2CCOC(c3ccccc3)C2)cc1. The first-order valence-corrected chi connectivity index (χ1v) is 9.49. The molecule has 3 rings (SSSR count). The largest absolute Gasteiger partial charge is 0.370 e. The van der Waals surface area contributed by atoms with Gasteiger partial charge in [-0.3, -0.25) is 9.59 Å². The molecule has 0 aliphatic carbocycles. The van der Waals surface area contributed by atoms with Crippen LogP contribution < -0.4 is 5.32 Å². The van der Waals surface area contributed by atoms with E-state index in [1.165, 1.54) is 5.56 Å². The van der Waals surface area contributed by atoms with Crippen molar-refractivity contribution in [3.05, 3.63) is 71.3 Å². The van der Waals surface area contributed by atoms with E-state index in [4.69, 9.17) is 4.74 Å². The van der Waals surface area contributed by atoms with Crippen molar-refractivity contribution in [2.24, 2.45) is 0 Å². The number of amides is 2. The molecule has 1 unspecified atom stereocenters. The molecule has 1 saturated heterocycles. The second-order valence-electron chi connectivity index (χ2n) is 6.74. The highest BCUT2D eigenvalue weighted by Crippen LogP contribution is 2.21. The third-order valence-electron chi connectivity index (χ3n) is 4.75. The summed E-state index contributed by atoms with van der Waals surface area (Å²) in [5.74, 6) is -0.311. The summed E-state index contributed by atoms with van der Waals surface area (Å²) in [7, 11) is 0. The number of carbonyl (C=O) groups excluding carboxylic acids is 2. The number of rotatable bonds is 6. The van der Waals surface area contributed by atoms with E-state index in [1.54, 1.807) is 4.90 Å². The molecule has 1 heterocycles. The first-order chi connectivity index (χ1) is 13.2. The number of hydrogen-bond donors (Lipinski definition) is 1. The fraction of sp³-hybridized carbons (Fsp3) is 0.364. The normalized spacial score (nSPS) is 16.8. The number of nitrogens with zero attached hydrogens (tertiary/aromatic N) is 1. The average Bonchev–Trinajstić information content (AvgIpc) is 2.73. The summed E-state index contributed by atoms with van der Waals surface area (Å²) in [5, 5.41) is 2.73. The number of hydrogen-bond acceptors (Lipinski definition) is 3. The highest BCUT2D eigenvalue weighted by molar-refractivity contribution is 5.96. The van der Waals surface area contributed by atoms with E-state index in [-0.39, 0.29) is 24.5 Å². The fourth-order valence-electron chi connectivity index (χ4n) is 3.23. The molecule has 0 spiro atoms. The van der Waals surface area contributed by atoms with Crippen molar-refractivity contribution >= 4 is 11.8 Å². The van der Waals surface area contributed by atoms with E-state index in [0.29, 0.717) is 25.3 Å². The molecular formula is C22H26N2O3. The van der Waals surface area contributed by atoms with Crippen LogP contribution in [0.15, 0.2) is 54.6 Å². The van der Waals surface area contributed by atoms with Gasteiger partial charge in [-0.1, -0.05) is 55.8 Å². The second kappa shape index (κ2) is 9.33. The van der Waals surface area contributed by atoms with Crippen LogP contribution >= 0.6 is 0 Å². The molecule has 142 valence electrons. The Kier molecular flexibility index (Phi) is 6.60. The molecule has 1 aliphatic rings. The van der Waals surface area contributed by atoms with Crippen LogP contribution in [0.5, 0.6) is 0 Å². The molecule has 1 atom stereocenters. The molecule has 2 aromatic rings. The Morgan fingerprint density at radius 3 is 2.56 bits per heavy atom. The lowest BCUT2D eigenvalue weighted by Crippen LogP contribution is -2.46. The van der Waals surface area contributed by atoms with Gasteiger partial charge in [-0.2, -0.15) is 0 Å². The Morgan fingerprint density at radius 1 is 1.11 bits per heavy atom. The van der Waals surface area contributed by atoms with E-state index in [0.717, 1.165) is 18.4 Å². The Balaban J connectivity index is 1.51. The molecule has 5 heteroatoms. The minimum absolute atomic E-state index is 0.00292. The van der Waals surface area contributed by atoms with Gasteiger partial charge in [0.25, 0.3) is 5.91 Å². The zero-order valence-corrected chi connectivity index (χ0v) is 15.7. The number of carbonyl (C=O) groups is 2. The molecule has 1 N–H and O–H groups in total. The van der Waals surface area contributed by atoms with E-state index >= 15 is 0 Å². The lowest BCUT2D eigenvalue weighted by atomic mass is 10.1. The van der Waals surface area contributed by atoms with Crippen LogP contribution in [0.1, 0.15) is 40.9 Å². The molecule has 1 fully saturated rings. The van der Waals surface area contributed by atoms with Crippen LogP contribution in [0.25, 0.3) is 0 Å². The predicted octanol–water partition coefficient (Wildman–Crippen LogP) is 2.97. The molecule has 0 bridgehead atoms. The van der Waals surface area contributed by atoms with E-state index in [1.807, 2.05) is 54.6 Å². The molecule has 2 amide bonds. The molecule has 1 aliphatic heterocycles. The van der Waals surface area contributed by atoms with E-state index in [9.17, 15) is 9.59 Å². The van der Waals surface area contributed by atoms with Gasteiger partial charge in [0.1, 0.15) is 6.10 Å². The lowest BCUT2D eigenvalue weighted by molar-refractivity contribution is -0.137. The summed E-state index contributed by atoms with van der Waals surface area (Å²) in [4.78, 5) is 26.5. The number of aryl methyl sites for hydroxylation is 1. The van der Waals surface area contributed by atoms with Gasteiger partial charge in [-0.25, -0.2) is 0 Å². The Hall–Kier alpha value is -2.66. The Labute approximate surface area is 160 Å². The van der Waals surface area contributed by atoms with Gasteiger partial charge in [-0.15, -0.1) is 0 Å². The molecule has 2 aromatic carbocycles. The maximum Gasteiger partial charge on any atom is 0.251 e. The lowest BCUT2D eigenvalue weighted by Gasteiger charge is -2.33. The third kappa shape index (κ3) is 5.17. The van der Waals surface area contributed by atoms with Crippen molar-refractivity contribution in [1.29, 1.82) is 0 Å². The van der Waals surface area contributed by atoms with Gasteiger partial charge in [0, 0.05) is 12.1 Å². The average molecular weight is 366 g/mol. The minimum atomic E-state index is -0.223. The number of ether oxygens (including phenoxy) is 1. The van der Waals surface area contributed by atoms with Gasteiger partial charge in [-0.05, 0) is 29.7 Å². The van der Waals surface area contributed by atoms with Gasteiger partial charge in [0.15, 0.2) is 0 Å². The molecule has 27 heavy (non-hydrogen) atoms. The van der Waals surface area contributed by atoms with Crippen LogP contribution in [-0.4, -0.2) is 43.0 Å². The summed E-state index contributed by atoms with van der Waals surface area (Å²) < 4.78 is 5.79. The monoisotopic (exact) mass is 366 g/mol. The summed E-state index contributed by atoms with van der Waals surface area (Å²) in [6.45, 7) is 3.67. The van der Waals surface area contributed by atoms with Crippen LogP contribution in [-0.2, 0) is 16.0 Å². The van der Waals surface area contributed by atoms with Crippen molar-refractivity contribution in [3.63, 3.8) is 0 Å².